The fourth-order valence-corrected chi connectivity index (χ4v) is 3.06. The minimum absolute atomic E-state index is 0.252. The highest BCUT2D eigenvalue weighted by Crippen LogP contribution is 2.27. The number of likely N-dealkylation sites (N-methyl/N-ethyl adjacent to an activating group) is 1. The van der Waals surface area contributed by atoms with Crippen molar-refractivity contribution in [2.75, 3.05) is 53.0 Å². The molecule has 2 heterocycles. The molecule has 4 nitrogen and oxygen atoms in total. The first-order chi connectivity index (χ1) is 8.74. The van der Waals surface area contributed by atoms with Gasteiger partial charge in [0.15, 0.2) is 0 Å². The summed E-state index contributed by atoms with van der Waals surface area (Å²) in [7, 11) is 2.12. The third-order valence-corrected chi connectivity index (χ3v) is 4.18. The van der Waals surface area contributed by atoms with Gasteiger partial charge in [-0.25, -0.2) is 0 Å². The van der Waals surface area contributed by atoms with Gasteiger partial charge >= 0.3 is 0 Å². The van der Waals surface area contributed by atoms with Crippen molar-refractivity contribution in [3.05, 3.63) is 0 Å². The van der Waals surface area contributed by atoms with Crippen molar-refractivity contribution in [3.63, 3.8) is 0 Å². The van der Waals surface area contributed by atoms with E-state index >= 15 is 0 Å². The van der Waals surface area contributed by atoms with Gasteiger partial charge in [-0.2, -0.15) is 0 Å². The second-order valence-electron chi connectivity index (χ2n) is 5.92. The zero-order valence-corrected chi connectivity index (χ0v) is 11.6. The van der Waals surface area contributed by atoms with E-state index < -0.39 is 0 Å². The maximum Gasteiger partial charge on any atom is 0.129 e. The fourth-order valence-electron chi connectivity index (χ4n) is 3.06. The van der Waals surface area contributed by atoms with Crippen molar-refractivity contribution >= 4 is 6.29 Å². The number of aldehydes is 1. The minimum Gasteiger partial charge on any atom is -0.380 e. The number of hydrogen-bond donors (Lipinski definition) is 0. The lowest BCUT2D eigenvalue weighted by molar-refractivity contribution is -0.125. The summed E-state index contributed by atoms with van der Waals surface area (Å²) in [6, 6.07) is 0. The molecule has 0 bridgehead atoms. The number of nitrogens with zero attached hydrogens (tertiary/aromatic N) is 2. The molecule has 104 valence electrons. The van der Waals surface area contributed by atoms with Crippen LogP contribution < -0.4 is 0 Å². The Morgan fingerprint density at radius 1 is 1.33 bits per heavy atom. The van der Waals surface area contributed by atoms with Crippen LogP contribution in [0.5, 0.6) is 0 Å². The summed E-state index contributed by atoms with van der Waals surface area (Å²) in [5.74, 6) is 0. The molecule has 0 aromatic rings. The Hall–Kier alpha value is -0.450. The topological polar surface area (TPSA) is 32.8 Å². The van der Waals surface area contributed by atoms with E-state index in [-0.39, 0.29) is 5.41 Å². The lowest BCUT2D eigenvalue weighted by Gasteiger charge is -2.35. The third kappa shape index (κ3) is 3.77. The van der Waals surface area contributed by atoms with Gasteiger partial charge in [-0.05, 0) is 45.8 Å². The number of carbonyl (C=O) groups is 1. The summed E-state index contributed by atoms with van der Waals surface area (Å²) in [5, 5.41) is 0. The van der Waals surface area contributed by atoms with Crippen LogP contribution in [0, 0.1) is 5.41 Å². The van der Waals surface area contributed by atoms with Gasteiger partial charge in [0.2, 0.25) is 0 Å². The Bertz CT molecular complexity index is 259. The van der Waals surface area contributed by atoms with E-state index in [4.69, 9.17) is 4.74 Å². The smallest absolute Gasteiger partial charge is 0.129 e. The van der Waals surface area contributed by atoms with Crippen LogP contribution in [0.15, 0.2) is 0 Å². The normalized spacial score (nSPS) is 29.9. The first kappa shape index (κ1) is 14.0. The molecule has 0 aromatic carbocycles. The Morgan fingerprint density at radius 3 is 2.72 bits per heavy atom. The Kier molecular flexibility index (Phi) is 5.15. The van der Waals surface area contributed by atoms with Gasteiger partial charge in [0.05, 0.1) is 12.0 Å². The molecule has 0 spiro atoms. The predicted molar refractivity (Wildman–Crippen MR) is 71.7 cm³/mol. The standard InChI is InChI=1S/C14H26N2O2/c1-15(8-9-16-6-2-3-7-16)11-14(12-17)5-4-10-18-13-14/h12H,2-11,13H2,1H3. The van der Waals surface area contributed by atoms with E-state index in [0.717, 1.165) is 45.4 Å². The highest BCUT2D eigenvalue weighted by atomic mass is 16.5. The molecular formula is C14H26N2O2. The molecule has 2 aliphatic rings. The first-order valence-corrected chi connectivity index (χ1v) is 7.19. The van der Waals surface area contributed by atoms with Gasteiger partial charge in [-0.1, -0.05) is 0 Å². The Morgan fingerprint density at radius 2 is 2.11 bits per heavy atom. The molecule has 0 radical (unpaired) electrons. The molecule has 0 aromatic heterocycles. The molecule has 0 saturated carbocycles. The van der Waals surface area contributed by atoms with E-state index in [1.807, 2.05) is 0 Å². The van der Waals surface area contributed by atoms with Crippen LogP contribution in [0.25, 0.3) is 0 Å². The number of ether oxygens (including phenoxy) is 1. The van der Waals surface area contributed by atoms with Gasteiger partial charge in [0.1, 0.15) is 6.29 Å². The summed E-state index contributed by atoms with van der Waals surface area (Å²) >= 11 is 0. The molecule has 1 unspecified atom stereocenters. The van der Waals surface area contributed by atoms with Crippen molar-refractivity contribution in [2.24, 2.45) is 5.41 Å². The van der Waals surface area contributed by atoms with Gasteiger partial charge in [0, 0.05) is 26.2 Å². The second kappa shape index (κ2) is 6.64. The first-order valence-electron chi connectivity index (χ1n) is 7.19. The van der Waals surface area contributed by atoms with Crippen molar-refractivity contribution in [2.45, 2.75) is 25.7 Å². The number of rotatable bonds is 6. The predicted octanol–water partition coefficient (Wildman–Crippen LogP) is 1.01. The number of likely N-dealkylation sites (tertiary alicyclic amines) is 1. The Labute approximate surface area is 110 Å². The summed E-state index contributed by atoms with van der Waals surface area (Å²) in [5.41, 5.74) is -0.252. The summed E-state index contributed by atoms with van der Waals surface area (Å²) in [6.45, 7) is 6.93. The van der Waals surface area contributed by atoms with Crippen LogP contribution >= 0.6 is 0 Å². The summed E-state index contributed by atoms with van der Waals surface area (Å²) < 4.78 is 5.49. The SMILES string of the molecule is CN(CCN1CCCC1)CC1(C=O)CCCOC1. The third-order valence-electron chi connectivity index (χ3n) is 4.18. The molecule has 0 amide bonds. The van der Waals surface area contributed by atoms with E-state index in [2.05, 4.69) is 16.8 Å². The van der Waals surface area contributed by atoms with E-state index in [9.17, 15) is 4.79 Å². The Balaban J connectivity index is 1.74. The molecule has 1 atom stereocenters. The lowest BCUT2D eigenvalue weighted by Crippen LogP contribution is -2.44. The van der Waals surface area contributed by atoms with Crippen molar-refractivity contribution < 1.29 is 9.53 Å². The van der Waals surface area contributed by atoms with Crippen LogP contribution in [0.4, 0.5) is 0 Å². The minimum atomic E-state index is -0.252. The van der Waals surface area contributed by atoms with Crippen molar-refractivity contribution in [3.8, 4) is 0 Å². The molecule has 0 N–H and O–H groups in total. The van der Waals surface area contributed by atoms with Crippen molar-refractivity contribution in [1.82, 2.24) is 9.80 Å². The summed E-state index contributed by atoms with van der Waals surface area (Å²) in [6.07, 6.45) is 5.80. The molecule has 2 fully saturated rings. The molecule has 2 aliphatic heterocycles. The van der Waals surface area contributed by atoms with Gasteiger partial charge in [0.25, 0.3) is 0 Å². The maximum absolute atomic E-state index is 11.4. The highest BCUT2D eigenvalue weighted by Gasteiger charge is 2.33. The van der Waals surface area contributed by atoms with Gasteiger partial charge < -0.3 is 19.3 Å². The average molecular weight is 254 g/mol. The largest absolute Gasteiger partial charge is 0.380 e. The van der Waals surface area contributed by atoms with Crippen LogP contribution in [-0.2, 0) is 9.53 Å². The van der Waals surface area contributed by atoms with E-state index in [0.29, 0.717) is 6.61 Å². The molecule has 2 rings (SSSR count). The highest BCUT2D eigenvalue weighted by molar-refractivity contribution is 5.60. The van der Waals surface area contributed by atoms with E-state index in [1.165, 1.54) is 25.9 Å². The quantitative estimate of drug-likeness (QED) is 0.662. The van der Waals surface area contributed by atoms with Crippen LogP contribution in [0.1, 0.15) is 25.7 Å². The zero-order valence-electron chi connectivity index (χ0n) is 11.6. The average Bonchev–Trinajstić information content (AvgIpc) is 2.91. The monoisotopic (exact) mass is 254 g/mol. The zero-order chi connectivity index (χ0) is 12.8. The number of carbonyl (C=O) groups excluding carboxylic acids is 1. The lowest BCUT2D eigenvalue weighted by atomic mass is 9.83. The van der Waals surface area contributed by atoms with Crippen molar-refractivity contribution in [1.29, 1.82) is 0 Å². The molecule has 4 heteroatoms. The van der Waals surface area contributed by atoms with Gasteiger partial charge in [-0.15, -0.1) is 0 Å². The van der Waals surface area contributed by atoms with Crippen LogP contribution in [0.3, 0.4) is 0 Å². The maximum atomic E-state index is 11.4. The fraction of sp³-hybridized carbons (Fsp3) is 0.929. The second-order valence-corrected chi connectivity index (χ2v) is 5.92. The van der Waals surface area contributed by atoms with E-state index in [1.54, 1.807) is 0 Å². The van der Waals surface area contributed by atoms with Gasteiger partial charge in [-0.3, -0.25) is 0 Å². The molecule has 2 saturated heterocycles. The molecular weight excluding hydrogens is 228 g/mol. The molecule has 18 heavy (non-hydrogen) atoms. The molecule has 0 aliphatic carbocycles. The number of hydrogen-bond acceptors (Lipinski definition) is 4. The summed E-state index contributed by atoms with van der Waals surface area (Å²) in [4.78, 5) is 16.2. The van der Waals surface area contributed by atoms with Crippen LogP contribution in [0.2, 0.25) is 0 Å². The van der Waals surface area contributed by atoms with Crippen LogP contribution in [-0.4, -0.2) is 69.1 Å².